The maximum Gasteiger partial charge on any atom is 0.333 e. The summed E-state index contributed by atoms with van der Waals surface area (Å²) in [7, 11) is 0. The zero-order valence-electron chi connectivity index (χ0n) is 7.35. The molecule has 0 spiro atoms. The second-order valence-electron chi connectivity index (χ2n) is 2.62. The van der Waals surface area contributed by atoms with Gasteiger partial charge in [0.15, 0.2) is 0 Å². The second kappa shape index (κ2) is 8.31. The Kier molecular flexibility index (Phi) is 9.54. The van der Waals surface area contributed by atoms with Crippen LogP contribution in [0.3, 0.4) is 0 Å². The number of unbranched alkanes of at least 4 members (excludes halogenated alkanes) is 2. The van der Waals surface area contributed by atoms with Crippen molar-refractivity contribution in [3.05, 3.63) is 12.2 Å². The summed E-state index contributed by atoms with van der Waals surface area (Å²) in [5, 5.41) is 0. The number of hydrogen-bond acceptors (Lipinski definition) is 2. The van der Waals surface area contributed by atoms with Gasteiger partial charge in [-0.1, -0.05) is 33.8 Å². The average Bonchev–Trinajstić information content (AvgIpc) is 1.97. The summed E-state index contributed by atoms with van der Waals surface area (Å²) in [5.41, 5.74) is 0.474. The molecular weight excluding hydrogens is 152 g/mol. The van der Waals surface area contributed by atoms with E-state index in [2.05, 4.69) is 13.5 Å². The van der Waals surface area contributed by atoms with E-state index in [1.54, 1.807) is 6.92 Å². The monoisotopic (exact) mass is 172 g/mol. The number of carbonyl (C=O) groups excluding carboxylic acids is 1. The molecule has 0 N–H and O–H groups in total. The number of ether oxygens (including phenoxy) is 1. The van der Waals surface area contributed by atoms with Crippen LogP contribution in [0.1, 0.15) is 40.5 Å². The molecule has 0 radical (unpaired) electrons. The smallest absolute Gasteiger partial charge is 0.333 e. The van der Waals surface area contributed by atoms with Crippen molar-refractivity contribution in [2.75, 3.05) is 6.61 Å². The lowest BCUT2D eigenvalue weighted by atomic mass is 10.3. The van der Waals surface area contributed by atoms with E-state index in [4.69, 9.17) is 4.74 Å². The summed E-state index contributed by atoms with van der Waals surface area (Å²) in [6.07, 6.45) is 3.21. The van der Waals surface area contributed by atoms with Crippen LogP contribution in [0.5, 0.6) is 0 Å². The summed E-state index contributed by atoms with van der Waals surface area (Å²) in [6, 6.07) is 0. The standard InChI is InChI=1S/C9H16O2.CH4/c1-4-5-6-7-11-9(10)8(2)3;/h2,4-7H2,1,3H3;1H4. The number of carbonyl (C=O) groups is 1. The van der Waals surface area contributed by atoms with Crippen molar-refractivity contribution in [2.24, 2.45) is 0 Å². The number of rotatable bonds is 5. The molecule has 0 rings (SSSR count). The molecule has 72 valence electrons. The van der Waals surface area contributed by atoms with E-state index in [-0.39, 0.29) is 13.4 Å². The molecule has 2 nitrogen and oxygen atoms in total. The van der Waals surface area contributed by atoms with Crippen LogP contribution in [-0.2, 0) is 9.53 Å². The first-order valence-electron chi connectivity index (χ1n) is 4.01. The van der Waals surface area contributed by atoms with Crippen molar-refractivity contribution in [1.82, 2.24) is 0 Å². The first-order valence-corrected chi connectivity index (χ1v) is 4.01. The summed E-state index contributed by atoms with van der Waals surface area (Å²) in [5.74, 6) is -0.277. The van der Waals surface area contributed by atoms with E-state index in [1.807, 2.05) is 0 Å². The average molecular weight is 172 g/mol. The van der Waals surface area contributed by atoms with Crippen molar-refractivity contribution < 1.29 is 9.53 Å². The highest BCUT2D eigenvalue weighted by Gasteiger charge is 2.00. The third kappa shape index (κ3) is 7.32. The molecule has 0 aromatic heterocycles. The predicted molar refractivity (Wildman–Crippen MR) is 52.0 cm³/mol. The van der Waals surface area contributed by atoms with E-state index in [0.717, 1.165) is 19.3 Å². The minimum Gasteiger partial charge on any atom is -0.462 e. The minimum atomic E-state index is -0.277. The Hall–Kier alpha value is -0.790. The Labute approximate surface area is 75.6 Å². The maximum absolute atomic E-state index is 10.8. The van der Waals surface area contributed by atoms with Gasteiger partial charge in [-0.3, -0.25) is 0 Å². The van der Waals surface area contributed by atoms with Crippen LogP contribution in [0, 0.1) is 0 Å². The van der Waals surface area contributed by atoms with Crippen molar-refractivity contribution in [3.63, 3.8) is 0 Å². The third-order valence-corrected chi connectivity index (χ3v) is 1.33. The van der Waals surface area contributed by atoms with E-state index in [1.165, 1.54) is 0 Å². The Morgan fingerprint density at radius 2 is 2.00 bits per heavy atom. The molecule has 0 saturated carbocycles. The highest BCUT2D eigenvalue weighted by molar-refractivity contribution is 5.86. The van der Waals surface area contributed by atoms with Crippen LogP contribution in [0.25, 0.3) is 0 Å². The van der Waals surface area contributed by atoms with Gasteiger partial charge in [0.25, 0.3) is 0 Å². The molecule has 0 unspecified atom stereocenters. The van der Waals surface area contributed by atoms with E-state index in [9.17, 15) is 4.79 Å². The Balaban J connectivity index is 0. The molecule has 0 bridgehead atoms. The Morgan fingerprint density at radius 3 is 2.42 bits per heavy atom. The number of esters is 1. The molecule has 2 heteroatoms. The fourth-order valence-electron chi connectivity index (χ4n) is 0.640. The van der Waals surface area contributed by atoms with Crippen LogP contribution < -0.4 is 0 Å². The Bertz CT molecular complexity index is 139. The second-order valence-corrected chi connectivity index (χ2v) is 2.62. The van der Waals surface area contributed by atoms with E-state index in [0.29, 0.717) is 12.2 Å². The van der Waals surface area contributed by atoms with Crippen molar-refractivity contribution in [1.29, 1.82) is 0 Å². The van der Waals surface area contributed by atoms with E-state index >= 15 is 0 Å². The molecule has 0 aliphatic carbocycles. The van der Waals surface area contributed by atoms with Gasteiger partial charge in [0, 0.05) is 5.57 Å². The van der Waals surface area contributed by atoms with Gasteiger partial charge >= 0.3 is 5.97 Å². The molecule has 0 fully saturated rings. The molecule has 12 heavy (non-hydrogen) atoms. The zero-order chi connectivity index (χ0) is 8.69. The van der Waals surface area contributed by atoms with Crippen molar-refractivity contribution >= 4 is 5.97 Å². The van der Waals surface area contributed by atoms with Crippen molar-refractivity contribution in [3.8, 4) is 0 Å². The lowest BCUT2D eigenvalue weighted by Gasteiger charge is -2.02. The molecular formula is C10H20O2. The van der Waals surface area contributed by atoms with Crippen molar-refractivity contribution in [2.45, 2.75) is 40.5 Å². The van der Waals surface area contributed by atoms with Crippen LogP contribution in [0.4, 0.5) is 0 Å². The van der Waals surface area contributed by atoms with Gasteiger partial charge in [0.1, 0.15) is 0 Å². The normalized spacial score (nSPS) is 8.50. The highest BCUT2D eigenvalue weighted by atomic mass is 16.5. The number of hydrogen-bond donors (Lipinski definition) is 0. The summed E-state index contributed by atoms with van der Waals surface area (Å²) in [4.78, 5) is 10.8. The maximum atomic E-state index is 10.8. The van der Waals surface area contributed by atoms with Gasteiger partial charge < -0.3 is 4.74 Å². The lowest BCUT2D eigenvalue weighted by molar-refractivity contribution is -0.139. The molecule has 0 heterocycles. The van der Waals surface area contributed by atoms with Crippen LogP contribution in [0.15, 0.2) is 12.2 Å². The lowest BCUT2D eigenvalue weighted by Crippen LogP contribution is -2.05. The summed E-state index contributed by atoms with van der Waals surface area (Å²) >= 11 is 0. The van der Waals surface area contributed by atoms with Crippen LogP contribution >= 0.6 is 0 Å². The minimum absolute atomic E-state index is 0. The van der Waals surface area contributed by atoms with Gasteiger partial charge in [0.05, 0.1) is 6.61 Å². The zero-order valence-corrected chi connectivity index (χ0v) is 7.35. The first-order chi connectivity index (χ1) is 5.18. The van der Waals surface area contributed by atoms with Crippen LogP contribution in [0.2, 0.25) is 0 Å². The fraction of sp³-hybridized carbons (Fsp3) is 0.700. The highest BCUT2D eigenvalue weighted by Crippen LogP contribution is 1.97. The Morgan fingerprint density at radius 1 is 1.42 bits per heavy atom. The van der Waals surface area contributed by atoms with Gasteiger partial charge in [-0.2, -0.15) is 0 Å². The fourth-order valence-corrected chi connectivity index (χ4v) is 0.640. The molecule has 0 aliphatic heterocycles. The summed E-state index contributed by atoms with van der Waals surface area (Å²) < 4.78 is 4.87. The third-order valence-electron chi connectivity index (χ3n) is 1.33. The molecule has 0 aromatic rings. The van der Waals surface area contributed by atoms with Crippen LogP contribution in [-0.4, -0.2) is 12.6 Å². The molecule has 0 atom stereocenters. The molecule has 0 aromatic carbocycles. The predicted octanol–water partition coefficient (Wildman–Crippen LogP) is 2.93. The van der Waals surface area contributed by atoms with E-state index < -0.39 is 0 Å². The topological polar surface area (TPSA) is 26.3 Å². The first kappa shape index (κ1) is 13.8. The molecule has 0 amide bonds. The largest absolute Gasteiger partial charge is 0.462 e. The summed E-state index contributed by atoms with van der Waals surface area (Å²) in [6.45, 7) is 7.77. The quantitative estimate of drug-likeness (QED) is 0.362. The molecule has 0 saturated heterocycles. The van der Waals surface area contributed by atoms with Gasteiger partial charge in [-0.15, -0.1) is 0 Å². The molecule has 0 aliphatic rings. The SMILES string of the molecule is C.C=C(C)C(=O)OCCCCC. The van der Waals surface area contributed by atoms with Gasteiger partial charge in [-0.05, 0) is 13.3 Å². The van der Waals surface area contributed by atoms with Gasteiger partial charge in [0.2, 0.25) is 0 Å². The van der Waals surface area contributed by atoms with Gasteiger partial charge in [-0.25, -0.2) is 4.79 Å².